The van der Waals surface area contributed by atoms with Crippen molar-refractivity contribution in [1.29, 1.82) is 0 Å². The van der Waals surface area contributed by atoms with Gasteiger partial charge < -0.3 is 24.7 Å². The Balaban J connectivity index is 1.82. The van der Waals surface area contributed by atoms with E-state index in [1.807, 2.05) is 0 Å². The Morgan fingerprint density at radius 3 is 3.20 bits per heavy atom. The average molecular weight is 280 g/mol. The molecule has 20 heavy (non-hydrogen) atoms. The molecule has 0 unspecified atom stereocenters. The maximum atomic E-state index is 11.6. The van der Waals surface area contributed by atoms with Crippen LogP contribution in [0.3, 0.4) is 0 Å². The fourth-order valence-electron chi connectivity index (χ4n) is 2.79. The SMILES string of the molecule is O=c1[nH]cnc2c1cnn2[C@@H]1O[C@@]2(CO)CO[C@@H]1[C@@H]2O. The van der Waals surface area contributed by atoms with E-state index in [-0.39, 0.29) is 18.8 Å². The number of hydrogen-bond donors (Lipinski definition) is 3. The number of aromatic nitrogens is 4. The Bertz CT molecular complexity index is 727. The van der Waals surface area contributed by atoms with Gasteiger partial charge in [0.25, 0.3) is 5.56 Å². The number of aliphatic hydroxyl groups is 2. The molecule has 2 fully saturated rings. The Labute approximate surface area is 111 Å². The van der Waals surface area contributed by atoms with Gasteiger partial charge in [-0.15, -0.1) is 0 Å². The van der Waals surface area contributed by atoms with Crippen LogP contribution in [0.15, 0.2) is 17.3 Å². The first-order valence-corrected chi connectivity index (χ1v) is 6.15. The summed E-state index contributed by atoms with van der Waals surface area (Å²) in [6.07, 6.45) is 0.340. The van der Waals surface area contributed by atoms with Gasteiger partial charge in [0.15, 0.2) is 11.9 Å². The number of nitrogens with one attached hydrogen (secondary N) is 1. The van der Waals surface area contributed by atoms with Crippen LogP contribution in [0, 0.1) is 0 Å². The van der Waals surface area contributed by atoms with Crippen molar-refractivity contribution in [3.63, 3.8) is 0 Å². The van der Waals surface area contributed by atoms with E-state index in [1.165, 1.54) is 17.2 Å². The van der Waals surface area contributed by atoms with Gasteiger partial charge in [-0.2, -0.15) is 5.10 Å². The van der Waals surface area contributed by atoms with Gasteiger partial charge in [-0.3, -0.25) is 4.79 Å². The number of aromatic amines is 1. The van der Waals surface area contributed by atoms with Gasteiger partial charge in [0.1, 0.15) is 23.2 Å². The largest absolute Gasteiger partial charge is 0.393 e. The highest BCUT2D eigenvalue weighted by Gasteiger charge is 2.62. The highest BCUT2D eigenvalue weighted by Crippen LogP contribution is 2.44. The zero-order valence-corrected chi connectivity index (χ0v) is 10.3. The minimum atomic E-state index is -1.13. The predicted octanol–water partition coefficient (Wildman–Crippen LogP) is -1.86. The molecule has 0 saturated carbocycles. The van der Waals surface area contributed by atoms with E-state index >= 15 is 0 Å². The van der Waals surface area contributed by atoms with Crippen molar-refractivity contribution in [2.45, 2.75) is 24.0 Å². The first-order chi connectivity index (χ1) is 9.66. The van der Waals surface area contributed by atoms with Crippen molar-refractivity contribution >= 4 is 11.0 Å². The van der Waals surface area contributed by atoms with Crippen molar-refractivity contribution < 1.29 is 19.7 Å². The number of rotatable bonds is 2. The molecule has 2 aliphatic rings. The van der Waals surface area contributed by atoms with Gasteiger partial charge >= 0.3 is 0 Å². The Kier molecular flexibility index (Phi) is 2.31. The van der Waals surface area contributed by atoms with Gasteiger partial charge in [0.05, 0.1) is 25.7 Å². The van der Waals surface area contributed by atoms with Crippen LogP contribution in [0.2, 0.25) is 0 Å². The van der Waals surface area contributed by atoms with E-state index in [9.17, 15) is 15.0 Å². The van der Waals surface area contributed by atoms with E-state index in [0.717, 1.165) is 0 Å². The van der Waals surface area contributed by atoms with E-state index in [2.05, 4.69) is 15.1 Å². The van der Waals surface area contributed by atoms with Gasteiger partial charge in [-0.25, -0.2) is 9.67 Å². The zero-order chi connectivity index (χ0) is 13.9. The summed E-state index contributed by atoms with van der Waals surface area (Å²) >= 11 is 0. The van der Waals surface area contributed by atoms with Gasteiger partial charge in [-0.05, 0) is 0 Å². The highest BCUT2D eigenvalue weighted by molar-refractivity contribution is 5.72. The van der Waals surface area contributed by atoms with Gasteiger partial charge in [-0.1, -0.05) is 0 Å². The Hall–Kier alpha value is -1.81. The van der Waals surface area contributed by atoms with Crippen LogP contribution in [0.1, 0.15) is 6.23 Å². The van der Waals surface area contributed by atoms with Gasteiger partial charge in [0, 0.05) is 0 Å². The Morgan fingerprint density at radius 2 is 2.45 bits per heavy atom. The molecule has 9 heteroatoms. The third-order valence-corrected chi connectivity index (χ3v) is 3.91. The lowest BCUT2D eigenvalue weighted by atomic mass is 10.0. The lowest BCUT2D eigenvalue weighted by Crippen LogP contribution is -2.44. The van der Waals surface area contributed by atoms with Crippen LogP contribution >= 0.6 is 0 Å². The second kappa shape index (κ2) is 3.85. The van der Waals surface area contributed by atoms with E-state index < -0.39 is 24.0 Å². The molecule has 4 rings (SSSR count). The van der Waals surface area contributed by atoms with Crippen LogP contribution in [0.5, 0.6) is 0 Å². The smallest absolute Gasteiger partial charge is 0.261 e. The summed E-state index contributed by atoms with van der Waals surface area (Å²) in [5, 5.41) is 24.0. The molecule has 0 aromatic carbocycles. The normalized spacial score (nSPS) is 36.0. The molecule has 4 heterocycles. The first-order valence-electron chi connectivity index (χ1n) is 6.15. The third kappa shape index (κ3) is 1.32. The van der Waals surface area contributed by atoms with Crippen LogP contribution in [-0.2, 0) is 9.47 Å². The second-order valence-corrected chi connectivity index (χ2v) is 5.01. The second-order valence-electron chi connectivity index (χ2n) is 5.01. The monoisotopic (exact) mass is 280 g/mol. The van der Waals surface area contributed by atoms with Crippen LogP contribution in [0.4, 0.5) is 0 Å². The lowest BCUT2D eigenvalue weighted by Gasteiger charge is -2.28. The van der Waals surface area contributed by atoms with E-state index in [4.69, 9.17) is 9.47 Å². The molecule has 9 nitrogen and oxygen atoms in total. The Morgan fingerprint density at radius 1 is 1.60 bits per heavy atom. The molecule has 3 N–H and O–H groups in total. The number of nitrogens with zero attached hydrogens (tertiary/aromatic N) is 3. The first kappa shape index (κ1) is 12.0. The molecule has 0 amide bonds. The number of fused-ring (bicyclic) bond motifs is 3. The molecular weight excluding hydrogens is 268 g/mol. The molecule has 2 bridgehead atoms. The number of ether oxygens (including phenoxy) is 2. The summed E-state index contributed by atoms with van der Waals surface area (Å²) in [5.41, 5.74) is -1.09. The molecule has 2 saturated heterocycles. The molecule has 106 valence electrons. The van der Waals surface area contributed by atoms with Crippen LogP contribution < -0.4 is 5.56 Å². The standard InChI is InChI=1S/C11H12N4O5/c16-2-11-3-19-6(7(11)17)10(20-11)15-8-5(1-14-15)9(18)13-4-12-8/h1,4,6-7,10,16-17H,2-3H2,(H,12,13,18)/t6-,7+,10-,11+/m1/s1. The van der Waals surface area contributed by atoms with Gasteiger partial charge in [0.2, 0.25) is 0 Å². The molecule has 0 spiro atoms. The predicted molar refractivity (Wildman–Crippen MR) is 63.8 cm³/mol. The molecule has 2 aromatic rings. The number of aliphatic hydroxyl groups excluding tert-OH is 2. The van der Waals surface area contributed by atoms with Crippen LogP contribution in [0.25, 0.3) is 11.0 Å². The minimum Gasteiger partial charge on any atom is -0.393 e. The quantitative estimate of drug-likeness (QED) is 0.589. The van der Waals surface area contributed by atoms with Crippen LogP contribution in [-0.4, -0.2) is 61.0 Å². The third-order valence-electron chi connectivity index (χ3n) is 3.91. The maximum absolute atomic E-state index is 11.6. The molecule has 2 aliphatic heterocycles. The summed E-state index contributed by atoms with van der Waals surface area (Å²) in [4.78, 5) is 18.2. The fraction of sp³-hybridized carbons (Fsp3) is 0.545. The fourth-order valence-corrected chi connectivity index (χ4v) is 2.79. The zero-order valence-electron chi connectivity index (χ0n) is 10.3. The molecule has 2 aromatic heterocycles. The minimum absolute atomic E-state index is 0.124. The summed E-state index contributed by atoms with van der Waals surface area (Å²) in [6, 6.07) is 0. The van der Waals surface area contributed by atoms with Crippen molar-refractivity contribution in [3.05, 3.63) is 22.9 Å². The summed E-state index contributed by atoms with van der Waals surface area (Å²) in [6.45, 7) is -0.229. The molecule has 0 radical (unpaired) electrons. The molecular formula is C11H12N4O5. The number of hydrogen-bond acceptors (Lipinski definition) is 7. The van der Waals surface area contributed by atoms with Crippen molar-refractivity contribution in [2.24, 2.45) is 0 Å². The summed E-state index contributed by atoms with van der Waals surface area (Å²) in [7, 11) is 0. The summed E-state index contributed by atoms with van der Waals surface area (Å²) in [5.74, 6) is 0. The summed E-state index contributed by atoms with van der Waals surface area (Å²) < 4.78 is 12.6. The number of H-pyrrole nitrogens is 1. The molecule has 0 aliphatic carbocycles. The van der Waals surface area contributed by atoms with Crippen molar-refractivity contribution in [1.82, 2.24) is 19.7 Å². The molecule has 4 atom stereocenters. The highest BCUT2D eigenvalue weighted by atomic mass is 16.7. The van der Waals surface area contributed by atoms with E-state index in [1.54, 1.807) is 0 Å². The lowest BCUT2D eigenvalue weighted by molar-refractivity contribution is -0.188. The maximum Gasteiger partial charge on any atom is 0.261 e. The van der Waals surface area contributed by atoms with Crippen molar-refractivity contribution in [3.8, 4) is 0 Å². The average Bonchev–Trinajstić information content (AvgIpc) is 3.10. The van der Waals surface area contributed by atoms with Crippen molar-refractivity contribution in [2.75, 3.05) is 13.2 Å². The van der Waals surface area contributed by atoms with E-state index in [0.29, 0.717) is 11.0 Å². The topological polar surface area (TPSA) is 122 Å².